The van der Waals surface area contributed by atoms with Crippen molar-refractivity contribution in [3.05, 3.63) is 0 Å². The SMILES string of the molecule is O=C(O)CCCCCCCCCCCCC(=O)NCCOCCOCC(=O)NCCOCCO. The summed E-state index contributed by atoms with van der Waals surface area (Å²) in [6, 6.07) is 0. The Hall–Kier alpha value is -1.75. The molecule has 2 amide bonds. The summed E-state index contributed by atoms with van der Waals surface area (Å²) < 4.78 is 15.6. The summed E-state index contributed by atoms with van der Waals surface area (Å²) >= 11 is 0. The van der Waals surface area contributed by atoms with Gasteiger partial charge in [0.05, 0.1) is 39.6 Å². The fourth-order valence-corrected chi connectivity index (χ4v) is 3.19. The van der Waals surface area contributed by atoms with Crippen molar-refractivity contribution < 1.29 is 38.8 Å². The van der Waals surface area contributed by atoms with Crippen LogP contribution in [-0.4, -0.2) is 87.3 Å². The number of aliphatic hydroxyl groups is 1. The number of carbonyl (C=O) groups excluding carboxylic acids is 2. The highest BCUT2D eigenvalue weighted by atomic mass is 16.5. The number of unbranched alkanes of at least 4 members (excludes halogenated alkanes) is 9. The van der Waals surface area contributed by atoms with Gasteiger partial charge in [-0.25, -0.2) is 0 Å². The minimum Gasteiger partial charge on any atom is -0.481 e. The summed E-state index contributed by atoms with van der Waals surface area (Å²) in [6.45, 7) is 2.40. The maximum Gasteiger partial charge on any atom is 0.303 e. The molecule has 0 fully saturated rings. The Labute approximate surface area is 204 Å². The first kappa shape index (κ1) is 32.2. The lowest BCUT2D eigenvalue weighted by Crippen LogP contribution is -2.31. The van der Waals surface area contributed by atoms with Gasteiger partial charge in [0.15, 0.2) is 0 Å². The lowest BCUT2D eigenvalue weighted by Gasteiger charge is -2.08. The molecular weight excluding hydrogens is 444 g/mol. The van der Waals surface area contributed by atoms with Gasteiger partial charge in [0.25, 0.3) is 0 Å². The van der Waals surface area contributed by atoms with E-state index >= 15 is 0 Å². The van der Waals surface area contributed by atoms with Gasteiger partial charge < -0.3 is 35.1 Å². The maximum atomic E-state index is 11.8. The standard InChI is InChI=1S/C24H46N2O8/c27-15-18-32-16-14-26-23(29)21-34-20-19-33-17-13-25-22(28)11-9-7-5-3-1-2-4-6-8-10-12-24(30)31/h27H,1-21H2,(H,25,28)(H,26,29)(H,30,31). The zero-order chi connectivity index (χ0) is 25.1. The van der Waals surface area contributed by atoms with Crippen LogP contribution in [-0.2, 0) is 28.6 Å². The minimum atomic E-state index is -0.707. The quantitative estimate of drug-likeness (QED) is 0.135. The van der Waals surface area contributed by atoms with E-state index in [1.54, 1.807) is 0 Å². The first-order valence-electron chi connectivity index (χ1n) is 12.7. The molecule has 0 saturated carbocycles. The lowest BCUT2D eigenvalue weighted by molar-refractivity contribution is -0.137. The van der Waals surface area contributed by atoms with Gasteiger partial charge in [-0.15, -0.1) is 0 Å². The highest BCUT2D eigenvalue weighted by Gasteiger charge is 2.02. The molecule has 0 rings (SSSR count). The van der Waals surface area contributed by atoms with E-state index in [2.05, 4.69) is 10.6 Å². The molecule has 34 heavy (non-hydrogen) atoms. The van der Waals surface area contributed by atoms with Gasteiger partial charge in [-0.2, -0.15) is 0 Å². The van der Waals surface area contributed by atoms with Crippen molar-refractivity contribution in [2.45, 2.75) is 77.0 Å². The molecule has 0 heterocycles. The van der Waals surface area contributed by atoms with Gasteiger partial charge in [-0.3, -0.25) is 14.4 Å². The van der Waals surface area contributed by atoms with Crippen molar-refractivity contribution >= 4 is 17.8 Å². The van der Waals surface area contributed by atoms with Crippen LogP contribution in [0.1, 0.15) is 77.0 Å². The first-order chi connectivity index (χ1) is 16.6. The zero-order valence-corrected chi connectivity index (χ0v) is 20.7. The number of aliphatic hydroxyl groups excluding tert-OH is 1. The number of aliphatic carboxylic acids is 1. The Morgan fingerprint density at radius 1 is 0.559 bits per heavy atom. The fraction of sp³-hybridized carbons (Fsp3) is 0.875. The third-order valence-corrected chi connectivity index (χ3v) is 5.02. The second-order valence-corrected chi connectivity index (χ2v) is 8.13. The molecule has 200 valence electrons. The highest BCUT2D eigenvalue weighted by Crippen LogP contribution is 2.12. The van der Waals surface area contributed by atoms with Gasteiger partial charge in [0.1, 0.15) is 6.61 Å². The molecule has 10 nitrogen and oxygen atoms in total. The van der Waals surface area contributed by atoms with E-state index in [1.807, 2.05) is 0 Å². The molecule has 0 unspecified atom stereocenters. The summed E-state index contributed by atoms with van der Waals surface area (Å²) in [5.74, 6) is -0.896. The molecule has 0 aliphatic rings. The number of hydrogen-bond donors (Lipinski definition) is 4. The third kappa shape index (κ3) is 26.5. The normalized spacial score (nSPS) is 10.9. The summed E-state index contributed by atoms with van der Waals surface area (Å²) in [4.78, 5) is 33.7. The monoisotopic (exact) mass is 490 g/mol. The molecule has 0 radical (unpaired) electrons. The average Bonchev–Trinajstić information content (AvgIpc) is 2.81. The van der Waals surface area contributed by atoms with E-state index in [4.69, 9.17) is 24.4 Å². The van der Waals surface area contributed by atoms with E-state index in [0.717, 1.165) is 38.5 Å². The molecule has 0 aliphatic carbocycles. The number of ether oxygens (including phenoxy) is 3. The zero-order valence-electron chi connectivity index (χ0n) is 20.7. The van der Waals surface area contributed by atoms with Gasteiger partial charge in [0.2, 0.25) is 11.8 Å². The third-order valence-electron chi connectivity index (χ3n) is 5.02. The smallest absolute Gasteiger partial charge is 0.303 e. The molecule has 0 aromatic heterocycles. The van der Waals surface area contributed by atoms with Crippen LogP contribution >= 0.6 is 0 Å². The predicted molar refractivity (Wildman–Crippen MR) is 129 cm³/mol. The summed E-state index contributed by atoms with van der Waals surface area (Å²) in [5, 5.41) is 22.6. The van der Waals surface area contributed by atoms with Crippen LogP contribution in [0.3, 0.4) is 0 Å². The number of amides is 2. The molecule has 0 spiro atoms. The van der Waals surface area contributed by atoms with Gasteiger partial charge in [-0.05, 0) is 12.8 Å². The van der Waals surface area contributed by atoms with Crippen molar-refractivity contribution in [2.75, 3.05) is 59.3 Å². The summed E-state index contributed by atoms with van der Waals surface area (Å²) in [5.41, 5.74) is 0. The Balaban J connectivity index is 3.25. The average molecular weight is 491 g/mol. The largest absolute Gasteiger partial charge is 0.481 e. The molecule has 0 aliphatic heterocycles. The van der Waals surface area contributed by atoms with E-state index in [-0.39, 0.29) is 38.1 Å². The molecule has 0 atom stereocenters. The lowest BCUT2D eigenvalue weighted by atomic mass is 10.1. The van der Waals surface area contributed by atoms with E-state index in [9.17, 15) is 14.4 Å². The van der Waals surface area contributed by atoms with Gasteiger partial charge >= 0.3 is 5.97 Å². The second-order valence-electron chi connectivity index (χ2n) is 8.13. The Kier molecular flexibility index (Phi) is 24.5. The number of carboxylic acids is 1. The Morgan fingerprint density at radius 3 is 1.59 bits per heavy atom. The van der Waals surface area contributed by atoms with Crippen molar-refractivity contribution in [2.24, 2.45) is 0 Å². The summed E-state index contributed by atoms with van der Waals surface area (Å²) in [6.07, 6.45) is 11.6. The van der Waals surface area contributed by atoms with Crippen LogP contribution in [0, 0.1) is 0 Å². The number of rotatable bonds is 26. The fourth-order valence-electron chi connectivity index (χ4n) is 3.19. The molecule has 10 heteroatoms. The van der Waals surface area contributed by atoms with E-state index in [0.29, 0.717) is 45.9 Å². The van der Waals surface area contributed by atoms with Crippen molar-refractivity contribution in [3.8, 4) is 0 Å². The van der Waals surface area contributed by atoms with Crippen LogP contribution in [0.4, 0.5) is 0 Å². The number of carboxylic acid groups (broad SMARTS) is 1. The first-order valence-corrected chi connectivity index (χ1v) is 12.7. The minimum absolute atomic E-state index is 0.0384. The molecule has 0 saturated heterocycles. The van der Waals surface area contributed by atoms with Crippen LogP contribution in [0.2, 0.25) is 0 Å². The molecular formula is C24H46N2O8. The molecule has 0 bridgehead atoms. The van der Waals surface area contributed by atoms with Gasteiger partial charge in [-0.1, -0.05) is 51.4 Å². The van der Waals surface area contributed by atoms with Crippen LogP contribution < -0.4 is 10.6 Å². The van der Waals surface area contributed by atoms with E-state index < -0.39 is 5.97 Å². The number of carbonyl (C=O) groups is 3. The second kappa shape index (κ2) is 25.9. The topological polar surface area (TPSA) is 143 Å². The van der Waals surface area contributed by atoms with Crippen LogP contribution in [0.25, 0.3) is 0 Å². The molecule has 0 aromatic rings. The number of nitrogens with one attached hydrogen (secondary N) is 2. The van der Waals surface area contributed by atoms with Crippen LogP contribution in [0.15, 0.2) is 0 Å². The number of hydrogen-bond acceptors (Lipinski definition) is 7. The highest BCUT2D eigenvalue weighted by molar-refractivity contribution is 5.77. The van der Waals surface area contributed by atoms with Crippen molar-refractivity contribution in [1.82, 2.24) is 10.6 Å². The predicted octanol–water partition coefficient (Wildman–Crippen LogP) is 2.03. The van der Waals surface area contributed by atoms with Crippen LogP contribution in [0.5, 0.6) is 0 Å². The Morgan fingerprint density at radius 2 is 1.03 bits per heavy atom. The molecule has 0 aromatic carbocycles. The van der Waals surface area contributed by atoms with Crippen molar-refractivity contribution in [3.63, 3.8) is 0 Å². The Bertz CT molecular complexity index is 505. The maximum absolute atomic E-state index is 11.8. The van der Waals surface area contributed by atoms with E-state index in [1.165, 1.54) is 25.7 Å². The van der Waals surface area contributed by atoms with Gasteiger partial charge in [0, 0.05) is 25.9 Å². The summed E-state index contributed by atoms with van der Waals surface area (Å²) in [7, 11) is 0. The van der Waals surface area contributed by atoms with Crippen molar-refractivity contribution in [1.29, 1.82) is 0 Å². The molecule has 4 N–H and O–H groups in total.